The van der Waals surface area contributed by atoms with Gasteiger partial charge in [-0.3, -0.25) is 4.99 Å². The fourth-order valence-electron chi connectivity index (χ4n) is 5.83. The zero-order valence-electron chi connectivity index (χ0n) is 19.4. The summed E-state index contributed by atoms with van der Waals surface area (Å²) in [7, 11) is -3.89. The number of nitrogens with one attached hydrogen (secondary N) is 1. The maximum atomic E-state index is 14.2. The van der Waals surface area contributed by atoms with Gasteiger partial charge in [-0.2, -0.15) is 4.31 Å². The summed E-state index contributed by atoms with van der Waals surface area (Å²) in [6.45, 7) is 3.57. The average molecular weight is 520 g/mol. The number of aliphatic imine (C=N–C) groups is 1. The van der Waals surface area contributed by atoms with Gasteiger partial charge in [0.2, 0.25) is 10.0 Å². The molecule has 2 aliphatic carbocycles. The zero-order valence-corrected chi connectivity index (χ0v) is 21.0. The SMILES string of the molecule is CC1(C)N=C(C2CC3(N(Cc4ccc(Cl)c(F)c4)S(=O)(=O)c4ccccc4)CCC23)N[C@H]1C(=O)O. The van der Waals surface area contributed by atoms with Crippen LogP contribution in [0.3, 0.4) is 0 Å². The maximum Gasteiger partial charge on any atom is 0.328 e. The van der Waals surface area contributed by atoms with Crippen LogP contribution in [-0.2, 0) is 21.4 Å². The van der Waals surface area contributed by atoms with Crippen LogP contribution in [0.25, 0.3) is 0 Å². The molecule has 2 N–H and O–H groups in total. The Balaban J connectivity index is 1.48. The van der Waals surface area contributed by atoms with E-state index in [2.05, 4.69) is 10.3 Å². The van der Waals surface area contributed by atoms with Gasteiger partial charge in [0.05, 0.1) is 15.5 Å². The molecule has 7 nitrogen and oxygen atoms in total. The van der Waals surface area contributed by atoms with E-state index >= 15 is 0 Å². The van der Waals surface area contributed by atoms with Gasteiger partial charge >= 0.3 is 5.97 Å². The molecule has 0 aromatic heterocycles. The predicted octanol–water partition coefficient (Wildman–Crippen LogP) is 4.07. The van der Waals surface area contributed by atoms with E-state index < -0.39 is 38.9 Å². The molecule has 186 valence electrons. The Morgan fingerprint density at radius 3 is 2.51 bits per heavy atom. The van der Waals surface area contributed by atoms with Crippen LogP contribution in [0.2, 0.25) is 5.02 Å². The summed E-state index contributed by atoms with van der Waals surface area (Å²) in [4.78, 5) is 16.6. The topological polar surface area (TPSA) is 99.1 Å². The molecule has 4 atom stereocenters. The molecule has 0 amide bonds. The molecule has 35 heavy (non-hydrogen) atoms. The number of benzene rings is 2. The minimum Gasteiger partial charge on any atom is -0.480 e. The Labute approximate surface area is 209 Å². The fraction of sp³-hybridized carbons (Fsp3) is 0.440. The number of rotatable bonds is 7. The highest BCUT2D eigenvalue weighted by Crippen LogP contribution is 2.63. The number of nitrogens with zero attached hydrogens (tertiary/aromatic N) is 2. The molecule has 0 radical (unpaired) electrons. The number of hydrogen-bond acceptors (Lipinski definition) is 5. The van der Waals surface area contributed by atoms with E-state index in [1.54, 1.807) is 50.2 Å². The smallest absolute Gasteiger partial charge is 0.328 e. The maximum absolute atomic E-state index is 14.2. The molecular formula is C25H27ClFN3O4S. The molecule has 3 unspecified atom stereocenters. The molecule has 2 aromatic rings. The van der Waals surface area contributed by atoms with Crippen molar-refractivity contribution < 1.29 is 22.7 Å². The van der Waals surface area contributed by atoms with E-state index in [-0.39, 0.29) is 28.3 Å². The highest BCUT2D eigenvalue weighted by atomic mass is 35.5. The Bertz CT molecular complexity index is 1320. The van der Waals surface area contributed by atoms with Crippen molar-refractivity contribution in [2.75, 3.05) is 0 Å². The third-order valence-corrected chi connectivity index (χ3v) is 10.0. The summed E-state index contributed by atoms with van der Waals surface area (Å²) < 4.78 is 43.4. The number of halogens is 2. The summed E-state index contributed by atoms with van der Waals surface area (Å²) in [5.41, 5.74) is -0.913. The molecule has 2 fully saturated rings. The molecule has 3 aliphatic rings. The molecule has 5 rings (SSSR count). The van der Waals surface area contributed by atoms with E-state index in [0.29, 0.717) is 24.2 Å². The van der Waals surface area contributed by atoms with Gasteiger partial charge in [0.25, 0.3) is 0 Å². The van der Waals surface area contributed by atoms with Crippen LogP contribution in [0.15, 0.2) is 58.4 Å². The third-order valence-electron chi connectivity index (χ3n) is 7.78. The van der Waals surface area contributed by atoms with Crippen LogP contribution in [0, 0.1) is 17.7 Å². The number of carboxylic acid groups (broad SMARTS) is 1. The number of sulfonamides is 1. The lowest BCUT2D eigenvalue weighted by Gasteiger charge is -2.66. The van der Waals surface area contributed by atoms with E-state index in [4.69, 9.17) is 11.6 Å². The summed E-state index contributed by atoms with van der Waals surface area (Å²) >= 11 is 5.85. The quantitative estimate of drug-likeness (QED) is 0.574. The highest BCUT2D eigenvalue weighted by Gasteiger charge is 2.67. The number of fused-ring (bicyclic) bond motifs is 1. The Hall–Kier alpha value is -2.49. The first-order valence-corrected chi connectivity index (χ1v) is 13.4. The number of hydrogen-bond donors (Lipinski definition) is 2. The number of carbonyl (C=O) groups is 1. The van der Waals surface area contributed by atoms with Gasteiger partial charge < -0.3 is 10.4 Å². The zero-order chi connectivity index (χ0) is 25.2. The lowest BCUT2D eigenvalue weighted by molar-refractivity contribution is -0.140. The predicted molar refractivity (Wildman–Crippen MR) is 130 cm³/mol. The van der Waals surface area contributed by atoms with Crippen LogP contribution < -0.4 is 5.32 Å². The Morgan fingerprint density at radius 2 is 1.97 bits per heavy atom. The summed E-state index contributed by atoms with van der Waals surface area (Å²) in [5, 5.41) is 12.6. The molecule has 1 heterocycles. The van der Waals surface area contributed by atoms with Gasteiger partial charge in [-0.05, 0) is 68.9 Å². The Kier molecular flexibility index (Phi) is 5.73. The van der Waals surface area contributed by atoms with Crippen molar-refractivity contribution in [1.82, 2.24) is 9.62 Å². The first-order chi connectivity index (χ1) is 16.5. The molecule has 0 bridgehead atoms. The van der Waals surface area contributed by atoms with Gasteiger partial charge in [-0.25, -0.2) is 17.6 Å². The van der Waals surface area contributed by atoms with Crippen LogP contribution in [0.4, 0.5) is 4.39 Å². The van der Waals surface area contributed by atoms with Gasteiger partial charge in [0.15, 0.2) is 6.04 Å². The van der Waals surface area contributed by atoms with Crippen molar-refractivity contribution in [2.45, 2.75) is 61.7 Å². The van der Waals surface area contributed by atoms with Crippen molar-refractivity contribution in [2.24, 2.45) is 16.8 Å². The molecule has 0 spiro atoms. The van der Waals surface area contributed by atoms with Gasteiger partial charge in [-0.1, -0.05) is 35.9 Å². The second kappa shape index (κ2) is 8.28. The van der Waals surface area contributed by atoms with Crippen molar-refractivity contribution in [1.29, 1.82) is 0 Å². The first kappa shape index (κ1) is 24.2. The average Bonchev–Trinajstić information content (AvgIpc) is 3.12. The molecule has 2 saturated carbocycles. The summed E-state index contributed by atoms with van der Waals surface area (Å²) in [5.74, 6) is -0.985. The molecule has 1 aliphatic heterocycles. The lowest BCUT2D eigenvalue weighted by Crippen LogP contribution is -2.73. The number of amidine groups is 1. The van der Waals surface area contributed by atoms with Crippen molar-refractivity contribution in [3.8, 4) is 0 Å². The fourth-order valence-corrected chi connectivity index (χ4v) is 7.80. The van der Waals surface area contributed by atoms with E-state index in [0.717, 1.165) is 6.42 Å². The minimum absolute atomic E-state index is 0.00673. The summed E-state index contributed by atoms with van der Waals surface area (Å²) in [6.07, 6.45) is 2.00. The van der Waals surface area contributed by atoms with Gasteiger partial charge in [0, 0.05) is 18.0 Å². The molecule has 2 aromatic carbocycles. The van der Waals surface area contributed by atoms with Crippen molar-refractivity contribution in [3.63, 3.8) is 0 Å². The van der Waals surface area contributed by atoms with E-state index in [1.165, 1.54) is 16.4 Å². The first-order valence-electron chi connectivity index (χ1n) is 11.6. The van der Waals surface area contributed by atoms with Crippen molar-refractivity contribution in [3.05, 3.63) is 64.9 Å². The van der Waals surface area contributed by atoms with Gasteiger partial charge in [-0.15, -0.1) is 0 Å². The second-order valence-corrected chi connectivity index (χ2v) is 12.5. The van der Waals surface area contributed by atoms with Crippen LogP contribution >= 0.6 is 11.6 Å². The van der Waals surface area contributed by atoms with Crippen LogP contribution in [0.1, 0.15) is 38.7 Å². The largest absolute Gasteiger partial charge is 0.480 e. The van der Waals surface area contributed by atoms with Crippen molar-refractivity contribution >= 4 is 33.4 Å². The number of carboxylic acids is 1. The standard InChI is InChI=1S/C25H27ClFN3O4S/c1-24(2)21(23(31)32)28-22(29-24)17-13-25(11-10-18(17)25)30(14-15-8-9-19(26)20(27)12-15)35(33,34)16-6-4-3-5-7-16/h3-9,12,17-18,21H,10-11,13-14H2,1-2H3,(H,28,29)(H,31,32)/t17?,18?,21-,25?/m0/s1. The molecule has 0 saturated heterocycles. The van der Waals surface area contributed by atoms with E-state index in [1.807, 2.05) is 0 Å². The molecule has 10 heteroatoms. The van der Waals surface area contributed by atoms with E-state index in [9.17, 15) is 22.7 Å². The highest BCUT2D eigenvalue weighted by molar-refractivity contribution is 7.89. The monoisotopic (exact) mass is 519 g/mol. The number of aliphatic carboxylic acids is 1. The van der Waals surface area contributed by atoms with Crippen LogP contribution in [-0.4, -0.2) is 46.8 Å². The normalized spacial score (nSPS) is 28.9. The lowest BCUT2D eigenvalue weighted by atomic mass is 9.47. The van der Waals surface area contributed by atoms with Gasteiger partial charge in [0.1, 0.15) is 11.7 Å². The third kappa shape index (κ3) is 3.84. The van der Waals surface area contributed by atoms with Crippen LogP contribution in [0.5, 0.6) is 0 Å². The minimum atomic E-state index is -3.89. The Morgan fingerprint density at radius 1 is 1.26 bits per heavy atom. The summed E-state index contributed by atoms with van der Waals surface area (Å²) in [6, 6.07) is 11.8. The second-order valence-electron chi connectivity index (χ2n) is 10.2. The molecular weight excluding hydrogens is 493 g/mol.